The fourth-order valence-electron chi connectivity index (χ4n) is 2.69. The first-order valence-corrected chi connectivity index (χ1v) is 8.02. The number of anilines is 2. The molecule has 3 rings (SSSR count). The first-order valence-electron chi connectivity index (χ1n) is 7.64. The number of rotatable bonds is 4. The van der Waals surface area contributed by atoms with E-state index in [2.05, 4.69) is 5.32 Å². The number of amides is 2. The fourth-order valence-corrected chi connectivity index (χ4v) is 2.82. The van der Waals surface area contributed by atoms with Crippen LogP contribution in [0.15, 0.2) is 48.5 Å². The average Bonchev–Trinajstić information content (AvgIpc) is 2.98. The lowest BCUT2D eigenvalue weighted by Gasteiger charge is -2.16. The third-order valence-corrected chi connectivity index (χ3v) is 4.29. The third-order valence-electron chi connectivity index (χ3n) is 4.03. The van der Waals surface area contributed by atoms with E-state index in [1.54, 1.807) is 29.2 Å². The molecule has 0 bridgehead atoms. The highest BCUT2D eigenvalue weighted by molar-refractivity contribution is 6.30. The predicted octanol–water partition coefficient (Wildman–Crippen LogP) is 3.03. The minimum absolute atomic E-state index is 0.122. The summed E-state index contributed by atoms with van der Waals surface area (Å²) in [6, 6.07) is 12.7. The van der Waals surface area contributed by atoms with E-state index < -0.39 is 11.9 Å². The van der Waals surface area contributed by atoms with E-state index in [-0.39, 0.29) is 23.8 Å². The molecule has 0 radical (unpaired) electrons. The van der Waals surface area contributed by atoms with E-state index in [1.807, 2.05) is 0 Å². The summed E-state index contributed by atoms with van der Waals surface area (Å²) in [5, 5.41) is 12.2. The van der Waals surface area contributed by atoms with Crippen LogP contribution >= 0.6 is 11.6 Å². The van der Waals surface area contributed by atoms with Gasteiger partial charge in [0.05, 0.1) is 11.5 Å². The highest BCUT2D eigenvalue weighted by atomic mass is 35.5. The lowest BCUT2D eigenvalue weighted by atomic mass is 10.1. The van der Waals surface area contributed by atoms with E-state index >= 15 is 0 Å². The minimum Gasteiger partial charge on any atom is -0.478 e. The molecule has 128 valence electrons. The van der Waals surface area contributed by atoms with Crippen LogP contribution in [0, 0.1) is 5.92 Å². The quantitative estimate of drug-likeness (QED) is 0.879. The van der Waals surface area contributed by atoms with E-state index in [1.165, 1.54) is 24.3 Å². The van der Waals surface area contributed by atoms with Crippen molar-refractivity contribution >= 4 is 40.8 Å². The number of hydrogen-bond acceptors (Lipinski definition) is 3. The number of hydrogen-bond donors (Lipinski definition) is 2. The zero-order chi connectivity index (χ0) is 18.0. The van der Waals surface area contributed by atoms with E-state index in [0.717, 1.165) is 0 Å². The molecule has 0 aliphatic carbocycles. The molecule has 2 amide bonds. The third kappa shape index (κ3) is 3.80. The van der Waals surface area contributed by atoms with Crippen LogP contribution in [0.5, 0.6) is 0 Å². The van der Waals surface area contributed by atoms with Crippen molar-refractivity contribution in [3.63, 3.8) is 0 Å². The first-order chi connectivity index (χ1) is 11.9. The lowest BCUT2D eigenvalue weighted by molar-refractivity contribution is -0.122. The summed E-state index contributed by atoms with van der Waals surface area (Å²) in [7, 11) is 0. The van der Waals surface area contributed by atoms with Crippen LogP contribution in [0.3, 0.4) is 0 Å². The van der Waals surface area contributed by atoms with Crippen molar-refractivity contribution in [3.8, 4) is 0 Å². The second kappa shape index (κ2) is 6.94. The predicted molar refractivity (Wildman–Crippen MR) is 93.9 cm³/mol. The monoisotopic (exact) mass is 358 g/mol. The molecule has 2 N–H and O–H groups in total. The molecule has 7 heteroatoms. The van der Waals surface area contributed by atoms with Crippen LogP contribution in [-0.4, -0.2) is 29.4 Å². The zero-order valence-electron chi connectivity index (χ0n) is 13.1. The molecular weight excluding hydrogens is 344 g/mol. The summed E-state index contributed by atoms with van der Waals surface area (Å²) in [5.74, 6) is -1.89. The van der Waals surface area contributed by atoms with Crippen LogP contribution in [0.1, 0.15) is 16.8 Å². The van der Waals surface area contributed by atoms with Gasteiger partial charge in [-0.3, -0.25) is 9.59 Å². The molecule has 2 aromatic rings. The molecule has 6 nitrogen and oxygen atoms in total. The summed E-state index contributed by atoms with van der Waals surface area (Å²) in [6.45, 7) is 0.291. The Morgan fingerprint density at radius 1 is 1.08 bits per heavy atom. The second-order valence-corrected chi connectivity index (χ2v) is 6.19. The highest BCUT2D eigenvalue weighted by Gasteiger charge is 2.35. The van der Waals surface area contributed by atoms with Gasteiger partial charge in [0.1, 0.15) is 0 Å². The molecule has 1 atom stereocenters. The van der Waals surface area contributed by atoms with Crippen LogP contribution in [0.25, 0.3) is 0 Å². The van der Waals surface area contributed by atoms with Gasteiger partial charge in [-0.1, -0.05) is 11.6 Å². The Balaban J connectivity index is 1.66. The molecule has 1 saturated heterocycles. The molecule has 0 aromatic heterocycles. The van der Waals surface area contributed by atoms with Crippen LogP contribution in [0.4, 0.5) is 11.4 Å². The molecule has 1 aliphatic heterocycles. The number of carbonyl (C=O) groups is 3. The van der Waals surface area contributed by atoms with Gasteiger partial charge in [-0.05, 0) is 48.5 Å². The van der Waals surface area contributed by atoms with Gasteiger partial charge in [-0.15, -0.1) is 0 Å². The Kier molecular flexibility index (Phi) is 4.72. The molecule has 0 spiro atoms. The van der Waals surface area contributed by atoms with Crippen LogP contribution in [-0.2, 0) is 9.59 Å². The second-order valence-electron chi connectivity index (χ2n) is 5.75. The highest BCUT2D eigenvalue weighted by Crippen LogP contribution is 2.27. The Morgan fingerprint density at radius 3 is 2.32 bits per heavy atom. The number of nitrogens with one attached hydrogen (secondary N) is 1. The molecule has 0 saturated carbocycles. The summed E-state index contributed by atoms with van der Waals surface area (Å²) in [4.78, 5) is 37.0. The summed E-state index contributed by atoms with van der Waals surface area (Å²) in [5.41, 5.74) is 1.34. The van der Waals surface area contributed by atoms with Crippen molar-refractivity contribution in [1.29, 1.82) is 0 Å². The maximum atomic E-state index is 12.4. The summed E-state index contributed by atoms with van der Waals surface area (Å²) >= 11 is 5.85. The van der Waals surface area contributed by atoms with E-state index in [9.17, 15) is 14.4 Å². The van der Waals surface area contributed by atoms with Crippen molar-refractivity contribution in [2.24, 2.45) is 5.92 Å². The summed E-state index contributed by atoms with van der Waals surface area (Å²) < 4.78 is 0. The van der Waals surface area contributed by atoms with Crippen molar-refractivity contribution in [1.82, 2.24) is 0 Å². The van der Waals surface area contributed by atoms with Gasteiger partial charge in [0, 0.05) is 29.4 Å². The van der Waals surface area contributed by atoms with Crippen molar-refractivity contribution in [3.05, 3.63) is 59.1 Å². The molecule has 25 heavy (non-hydrogen) atoms. The lowest BCUT2D eigenvalue weighted by Crippen LogP contribution is -2.28. The van der Waals surface area contributed by atoms with Gasteiger partial charge in [-0.2, -0.15) is 0 Å². The standard InChI is InChI=1S/C18H15ClN2O4/c19-13-3-7-15(8-4-13)21-10-12(9-16(21)22)17(23)20-14-5-1-11(2-6-14)18(24)25/h1-8,12H,9-10H2,(H,20,23)(H,24,25)/t12-/m0/s1. The maximum Gasteiger partial charge on any atom is 0.335 e. The fraction of sp³-hybridized carbons (Fsp3) is 0.167. The Hall–Kier alpha value is -2.86. The summed E-state index contributed by atoms with van der Waals surface area (Å²) in [6.07, 6.45) is 0.127. The Labute approximate surface area is 149 Å². The molecule has 1 aliphatic rings. The Bertz CT molecular complexity index is 818. The SMILES string of the molecule is O=C(O)c1ccc(NC(=O)[C@H]2CC(=O)N(c3ccc(Cl)cc3)C2)cc1. The van der Waals surface area contributed by atoms with Crippen molar-refractivity contribution in [2.75, 3.05) is 16.8 Å². The van der Waals surface area contributed by atoms with Crippen LogP contribution < -0.4 is 10.2 Å². The molecule has 2 aromatic carbocycles. The molecule has 0 unspecified atom stereocenters. The first kappa shape index (κ1) is 17.0. The van der Waals surface area contributed by atoms with Gasteiger partial charge >= 0.3 is 5.97 Å². The van der Waals surface area contributed by atoms with Gasteiger partial charge in [0.2, 0.25) is 11.8 Å². The molecule has 1 fully saturated rings. The number of nitrogens with zero attached hydrogens (tertiary/aromatic N) is 1. The Morgan fingerprint density at radius 2 is 1.72 bits per heavy atom. The smallest absolute Gasteiger partial charge is 0.335 e. The number of halogens is 1. The topological polar surface area (TPSA) is 86.7 Å². The van der Waals surface area contributed by atoms with Crippen LogP contribution in [0.2, 0.25) is 5.02 Å². The number of carboxylic acid groups (broad SMARTS) is 1. The molecule has 1 heterocycles. The number of aromatic carboxylic acids is 1. The van der Waals surface area contributed by atoms with Gasteiger partial charge in [0.15, 0.2) is 0 Å². The van der Waals surface area contributed by atoms with E-state index in [0.29, 0.717) is 22.9 Å². The number of carbonyl (C=O) groups excluding carboxylic acids is 2. The number of carboxylic acids is 1. The minimum atomic E-state index is -1.03. The largest absolute Gasteiger partial charge is 0.478 e. The zero-order valence-corrected chi connectivity index (χ0v) is 13.9. The van der Waals surface area contributed by atoms with Crippen molar-refractivity contribution < 1.29 is 19.5 Å². The average molecular weight is 359 g/mol. The van der Waals surface area contributed by atoms with Gasteiger partial charge in [-0.25, -0.2) is 4.79 Å². The number of benzene rings is 2. The van der Waals surface area contributed by atoms with Gasteiger partial charge in [0.25, 0.3) is 0 Å². The van der Waals surface area contributed by atoms with Crippen molar-refractivity contribution in [2.45, 2.75) is 6.42 Å². The van der Waals surface area contributed by atoms with E-state index in [4.69, 9.17) is 16.7 Å². The normalized spacial score (nSPS) is 16.8. The molecular formula is C18H15ClN2O4. The van der Waals surface area contributed by atoms with Gasteiger partial charge < -0.3 is 15.3 Å². The maximum absolute atomic E-state index is 12.4.